The van der Waals surface area contributed by atoms with E-state index in [-0.39, 0.29) is 24.3 Å². The molecule has 0 saturated carbocycles. The van der Waals surface area contributed by atoms with E-state index in [1.165, 1.54) is 21.3 Å². The van der Waals surface area contributed by atoms with Crippen molar-refractivity contribution in [3.05, 3.63) is 35.9 Å². The van der Waals surface area contributed by atoms with Crippen LogP contribution in [-0.4, -0.2) is 58.9 Å². The van der Waals surface area contributed by atoms with Gasteiger partial charge in [0.2, 0.25) is 11.7 Å². The maximum Gasteiger partial charge on any atom is 0.251 e. The van der Waals surface area contributed by atoms with Crippen LogP contribution in [0.3, 0.4) is 0 Å². The van der Waals surface area contributed by atoms with Crippen LogP contribution in [0.25, 0.3) is 0 Å². The van der Waals surface area contributed by atoms with Crippen molar-refractivity contribution in [3.8, 4) is 28.7 Å². The fourth-order valence-electron chi connectivity index (χ4n) is 3.73. The molecule has 9 heteroatoms. The summed E-state index contributed by atoms with van der Waals surface area (Å²) in [5.74, 6) is 2.03. The predicted octanol–water partition coefficient (Wildman–Crippen LogP) is 2.02. The molecular formula is C22H24N2O7. The number of benzene rings is 2. The topological polar surface area (TPSA) is 95.6 Å². The second-order valence-electron chi connectivity index (χ2n) is 7.12. The number of hydrogen-bond donors (Lipinski definition) is 1. The third-order valence-electron chi connectivity index (χ3n) is 5.22. The van der Waals surface area contributed by atoms with E-state index in [4.69, 9.17) is 23.7 Å². The van der Waals surface area contributed by atoms with Crippen LogP contribution in [0.2, 0.25) is 0 Å². The van der Waals surface area contributed by atoms with E-state index >= 15 is 0 Å². The normalized spacial score (nSPS) is 17.3. The van der Waals surface area contributed by atoms with Gasteiger partial charge < -0.3 is 33.9 Å². The van der Waals surface area contributed by atoms with Crippen LogP contribution in [0.4, 0.5) is 5.69 Å². The molecule has 164 valence electrons. The van der Waals surface area contributed by atoms with Crippen LogP contribution >= 0.6 is 0 Å². The van der Waals surface area contributed by atoms with Gasteiger partial charge in [-0.25, -0.2) is 0 Å². The Hall–Kier alpha value is -3.62. The monoisotopic (exact) mass is 428 g/mol. The van der Waals surface area contributed by atoms with E-state index in [0.29, 0.717) is 59.8 Å². The van der Waals surface area contributed by atoms with E-state index < -0.39 is 0 Å². The van der Waals surface area contributed by atoms with Crippen LogP contribution < -0.4 is 33.9 Å². The summed E-state index contributed by atoms with van der Waals surface area (Å²) in [7, 11) is 4.47. The second kappa shape index (κ2) is 8.63. The molecule has 0 aliphatic carbocycles. The Morgan fingerprint density at radius 3 is 2.32 bits per heavy atom. The quantitative estimate of drug-likeness (QED) is 0.752. The summed E-state index contributed by atoms with van der Waals surface area (Å²) in [5.41, 5.74) is 1.05. The van der Waals surface area contributed by atoms with Gasteiger partial charge in [-0.15, -0.1) is 0 Å². The number of fused-ring (bicyclic) bond motifs is 1. The Bertz CT molecular complexity index is 982. The summed E-state index contributed by atoms with van der Waals surface area (Å²) in [6.07, 6.45) is 0.199. The molecule has 31 heavy (non-hydrogen) atoms. The van der Waals surface area contributed by atoms with Crippen LogP contribution in [0.1, 0.15) is 16.8 Å². The summed E-state index contributed by atoms with van der Waals surface area (Å²) in [6.45, 7) is 1.33. The van der Waals surface area contributed by atoms with Crippen LogP contribution in [0.5, 0.6) is 28.7 Å². The van der Waals surface area contributed by atoms with Gasteiger partial charge in [0, 0.05) is 30.3 Å². The Balaban J connectivity index is 1.48. The van der Waals surface area contributed by atoms with Crippen molar-refractivity contribution in [2.45, 2.75) is 12.5 Å². The number of methoxy groups -OCH3 is 3. The van der Waals surface area contributed by atoms with E-state index in [2.05, 4.69) is 5.32 Å². The highest BCUT2D eigenvalue weighted by atomic mass is 16.6. The SMILES string of the molecule is COc1cc(C(=O)NC2CC(=O)N(c3ccc4c(c3)OCCO4)C2)cc(OC)c1OC. The first-order valence-electron chi connectivity index (χ1n) is 9.85. The molecule has 1 unspecified atom stereocenters. The first-order valence-corrected chi connectivity index (χ1v) is 9.85. The third-order valence-corrected chi connectivity index (χ3v) is 5.22. The van der Waals surface area contributed by atoms with Crippen molar-refractivity contribution in [3.63, 3.8) is 0 Å². The molecule has 0 radical (unpaired) electrons. The predicted molar refractivity (Wildman–Crippen MR) is 112 cm³/mol. The number of ether oxygens (including phenoxy) is 5. The first-order chi connectivity index (χ1) is 15.0. The lowest BCUT2D eigenvalue weighted by Crippen LogP contribution is -2.37. The van der Waals surface area contributed by atoms with Gasteiger partial charge in [-0.1, -0.05) is 0 Å². The lowest BCUT2D eigenvalue weighted by molar-refractivity contribution is -0.117. The zero-order chi connectivity index (χ0) is 22.0. The van der Waals surface area contributed by atoms with Gasteiger partial charge in [0.05, 0.1) is 27.4 Å². The molecule has 2 amide bonds. The number of hydrogen-bond acceptors (Lipinski definition) is 7. The summed E-state index contributed by atoms with van der Waals surface area (Å²) in [5, 5.41) is 2.92. The molecule has 2 aromatic carbocycles. The number of nitrogens with zero attached hydrogens (tertiary/aromatic N) is 1. The maximum atomic E-state index is 12.8. The van der Waals surface area contributed by atoms with E-state index in [9.17, 15) is 9.59 Å². The van der Waals surface area contributed by atoms with Crippen LogP contribution in [0.15, 0.2) is 30.3 Å². The average molecular weight is 428 g/mol. The summed E-state index contributed by atoms with van der Waals surface area (Å²) in [6, 6.07) is 8.20. The van der Waals surface area contributed by atoms with Gasteiger partial charge >= 0.3 is 0 Å². The standard InChI is InChI=1S/C22H24N2O7/c1-27-18-8-13(9-19(28-2)21(18)29-3)22(26)23-14-10-20(25)24(12-14)15-4-5-16-17(11-15)31-7-6-30-16/h4-5,8-9,11,14H,6-7,10,12H2,1-3H3,(H,23,26). The Kier molecular flexibility index (Phi) is 5.75. The summed E-state index contributed by atoms with van der Waals surface area (Å²) in [4.78, 5) is 27.1. The molecule has 1 fully saturated rings. The third kappa shape index (κ3) is 4.03. The number of carbonyl (C=O) groups is 2. The van der Waals surface area contributed by atoms with Crippen molar-refractivity contribution in [1.29, 1.82) is 0 Å². The van der Waals surface area contributed by atoms with Crippen molar-refractivity contribution < 1.29 is 33.3 Å². The minimum Gasteiger partial charge on any atom is -0.493 e. The number of anilines is 1. The largest absolute Gasteiger partial charge is 0.493 e. The Morgan fingerprint density at radius 2 is 1.68 bits per heavy atom. The molecule has 2 aliphatic rings. The minimum atomic E-state index is -0.340. The summed E-state index contributed by atoms with van der Waals surface area (Å²) < 4.78 is 27.0. The van der Waals surface area contributed by atoms with E-state index in [1.54, 1.807) is 29.2 Å². The molecule has 2 aliphatic heterocycles. The molecule has 1 atom stereocenters. The average Bonchev–Trinajstić information content (AvgIpc) is 3.17. The number of amides is 2. The molecule has 0 spiro atoms. The van der Waals surface area contributed by atoms with Crippen molar-refractivity contribution in [2.24, 2.45) is 0 Å². The minimum absolute atomic E-state index is 0.0770. The van der Waals surface area contributed by atoms with Gasteiger partial charge in [0.25, 0.3) is 5.91 Å². The molecule has 2 aromatic rings. The van der Waals surface area contributed by atoms with Gasteiger partial charge in [0.1, 0.15) is 13.2 Å². The number of carbonyl (C=O) groups excluding carboxylic acids is 2. The van der Waals surface area contributed by atoms with Gasteiger partial charge in [-0.05, 0) is 24.3 Å². The molecular weight excluding hydrogens is 404 g/mol. The highest BCUT2D eigenvalue weighted by molar-refractivity contribution is 5.99. The van der Waals surface area contributed by atoms with Crippen molar-refractivity contribution >= 4 is 17.5 Å². The lowest BCUT2D eigenvalue weighted by atomic mass is 10.1. The highest BCUT2D eigenvalue weighted by Crippen LogP contribution is 2.38. The molecule has 4 rings (SSSR count). The van der Waals surface area contributed by atoms with Gasteiger partial charge in [-0.3, -0.25) is 9.59 Å². The Morgan fingerprint density at radius 1 is 1.00 bits per heavy atom. The molecule has 2 heterocycles. The Labute approximate surface area is 179 Å². The summed E-state index contributed by atoms with van der Waals surface area (Å²) >= 11 is 0. The molecule has 0 bridgehead atoms. The first kappa shape index (κ1) is 20.6. The second-order valence-corrected chi connectivity index (χ2v) is 7.12. The van der Waals surface area contributed by atoms with E-state index in [0.717, 1.165) is 0 Å². The van der Waals surface area contributed by atoms with Gasteiger partial charge in [0.15, 0.2) is 23.0 Å². The van der Waals surface area contributed by atoms with Crippen molar-refractivity contribution in [1.82, 2.24) is 5.32 Å². The van der Waals surface area contributed by atoms with E-state index in [1.807, 2.05) is 6.07 Å². The molecule has 1 N–H and O–H groups in total. The maximum absolute atomic E-state index is 12.8. The van der Waals surface area contributed by atoms with Gasteiger partial charge in [-0.2, -0.15) is 0 Å². The van der Waals surface area contributed by atoms with Crippen molar-refractivity contribution in [2.75, 3.05) is 46.0 Å². The lowest BCUT2D eigenvalue weighted by Gasteiger charge is -2.22. The highest BCUT2D eigenvalue weighted by Gasteiger charge is 2.33. The molecule has 9 nitrogen and oxygen atoms in total. The fourth-order valence-corrected chi connectivity index (χ4v) is 3.73. The molecule has 1 saturated heterocycles. The number of rotatable bonds is 6. The zero-order valence-corrected chi connectivity index (χ0v) is 17.6. The molecule has 0 aromatic heterocycles. The van der Waals surface area contributed by atoms with Crippen LogP contribution in [0, 0.1) is 0 Å². The smallest absolute Gasteiger partial charge is 0.251 e. The fraction of sp³-hybridized carbons (Fsp3) is 0.364. The number of nitrogens with one attached hydrogen (secondary N) is 1. The van der Waals surface area contributed by atoms with Crippen LogP contribution in [-0.2, 0) is 4.79 Å². The zero-order valence-electron chi connectivity index (χ0n) is 17.6.